The van der Waals surface area contributed by atoms with Crippen molar-refractivity contribution in [3.8, 4) is 5.75 Å². The fourth-order valence-electron chi connectivity index (χ4n) is 3.31. The minimum Gasteiger partial charge on any atom is -0.541 e. The molecule has 114 valence electrons. The molecule has 0 unspecified atom stereocenters. The van der Waals surface area contributed by atoms with E-state index < -0.39 is 8.32 Å². The van der Waals surface area contributed by atoms with Crippen LogP contribution in [-0.2, 0) is 0 Å². The lowest BCUT2D eigenvalue weighted by atomic mass is 10.2. The molecule has 4 heteroatoms. The monoisotopic (exact) mass is 420 g/mol. The Morgan fingerprint density at radius 2 is 1.20 bits per heavy atom. The highest BCUT2D eigenvalue weighted by Gasteiger charge is 2.47. The third-order valence-corrected chi connectivity index (χ3v) is 11.3. The van der Waals surface area contributed by atoms with E-state index in [1.807, 2.05) is 0 Å². The molecular formula is C16H26Br2OSi. The normalized spacial score (nSPS) is 12.6. The van der Waals surface area contributed by atoms with Crippen molar-refractivity contribution in [1.29, 1.82) is 0 Å². The van der Waals surface area contributed by atoms with Crippen molar-refractivity contribution < 1.29 is 4.43 Å². The minimum atomic E-state index is -1.91. The van der Waals surface area contributed by atoms with Crippen LogP contribution >= 0.6 is 31.9 Å². The predicted octanol–water partition coefficient (Wildman–Crippen LogP) is 7.07. The topological polar surface area (TPSA) is 9.23 Å². The molecule has 1 aromatic rings. The van der Waals surface area contributed by atoms with Gasteiger partial charge in [0.15, 0.2) is 0 Å². The standard InChI is InChI=1S/C16H26Br2OSi/c1-10(2)20(11(3)4,12(5)6)19-16-14(17)8-13(7)9-15(16)18/h8-12H,1-7H3. The molecule has 20 heavy (non-hydrogen) atoms. The zero-order valence-corrected chi connectivity index (χ0v) is 17.7. The Morgan fingerprint density at radius 3 is 1.50 bits per heavy atom. The maximum atomic E-state index is 6.75. The second-order valence-electron chi connectivity index (χ2n) is 6.48. The van der Waals surface area contributed by atoms with Crippen LogP contribution in [0.5, 0.6) is 5.75 Å². The van der Waals surface area contributed by atoms with E-state index in [1.165, 1.54) is 5.56 Å². The van der Waals surface area contributed by atoms with Gasteiger partial charge in [-0.3, -0.25) is 0 Å². The summed E-state index contributed by atoms with van der Waals surface area (Å²) in [6.45, 7) is 15.9. The van der Waals surface area contributed by atoms with E-state index >= 15 is 0 Å². The van der Waals surface area contributed by atoms with E-state index in [9.17, 15) is 0 Å². The molecule has 0 heterocycles. The lowest BCUT2D eigenvalue weighted by Crippen LogP contribution is -2.50. The molecule has 0 radical (unpaired) electrons. The lowest BCUT2D eigenvalue weighted by molar-refractivity contribution is 0.475. The van der Waals surface area contributed by atoms with Gasteiger partial charge >= 0.3 is 0 Å². The fraction of sp³-hybridized carbons (Fsp3) is 0.625. The molecule has 0 aliphatic heterocycles. The highest BCUT2D eigenvalue weighted by atomic mass is 79.9. The lowest BCUT2D eigenvalue weighted by Gasteiger charge is -2.42. The summed E-state index contributed by atoms with van der Waals surface area (Å²) in [7, 11) is -1.91. The van der Waals surface area contributed by atoms with E-state index in [1.54, 1.807) is 0 Å². The van der Waals surface area contributed by atoms with Crippen molar-refractivity contribution in [2.45, 2.75) is 65.1 Å². The van der Waals surface area contributed by atoms with Crippen LogP contribution in [0.15, 0.2) is 21.1 Å². The van der Waals surface area contributed by atoms with Gasteiger partial charge < -0.3 is 4.43 Å². The van der Waals surface area contributed by atoms with E-state index in [4.69, 9.17) is 4.43 Å². The first-order valence-electron chi connectivity index (χ1n) is 7.27. The van der Waals surface area contributed by atoms with Crippen LogP contribution in [0, 0.1) is 6.92 Å². The summed E-state index contributed by atoms with van der Waals surface area (Å²) >= 11 is 7.33. The van der Waals surface area contributed by atoms with Crippen LogP contribution in [0.4, 0.5) is 0 Å². The molecule has 1 nitrogen and oxygen atoms in total. The number of rotatable bonds is 5. The molecule has 0 saturated heterocycles. The second kappa shape index (κ2) is 6.97. The average molecular weight is 422 g/mol. The highest BCUT2D eigenvalue weighted by Crippen LogP contribution is 2.46. The maximum Gasteiger partial charge on any atom is 0.258 e. The molecule has 0 bridgehead atoms. The van der Waals surface area contributed by atoms with Crippen LogP contribution in [0.2, 0.25) is 16.6 Å². The van der Waals surface area contributed by atoms with Gasteiger partial charge in [-0.05, 0) is 73.1 Å². The van der Waals surface area contributed by atoms with Gasteiger partial charge in [-0.2, -0.15) is 0 Å². The summed E-state index contributed by atoms with van der Waals surface area (Å²) < 4.78 is 8.84. The third-order valence-electron chi connectivity index (χ3n) is 4.13. The molecule has 1 rings (SSSR count). The fourth-order valence-corrected chi connectivity index (χ4v) is 10.5. The number of hydrogen-bond donors (Lipinski definition) is 0. The van der Waals surface area contributed by atoms with Crippen LogP contribution in [0.1, 0.15) is 47.1 Å². The molecule has 0 fully saturated rings. The van der Waals surface area contributed by atoms with E-state index in [2.05, 4.69) is 92.5 Å². The Balaban J connectivity index is 3.34. The molecule has 0 atom stereocenters. The number of halogens is 2. The summed E-state index contributed by atoms with van der Waals surface area (Å²) in [5, 5.41) is 0. The second-order valence-corrected chi connectivity index (χ2v) is 13.6. The van der Waals surface area contributed by atoms with Crippen molar-refractivity contribution in [3.05, 3.63) is 26.6 Å². The van der Waals surface area contributed by atoms with Crippen LogP contribution in [0.3, 0.4) is 0 Å². The van der Waals surface area contributed by atoms with Gasteiger partial charge in [-0.1, -0.05) is 41.5 Å². The minimum absolute atomic E-state index is 0.572. The summed E-state index contributed by atoms with van der Waals surface area (Å²) in [5.41, 5.74) is 2.94. The van der Waals surface area contributed by atoms with Gasteiger partial charge in [0.05, 0.1) is 8.95 Å². The Labute approximate surface area is 141 Å². The third kappa shape index (κ3) is 3.50. The van der Waals surface area contributed by atoms with Gasteiger partial charge in [-0.15, -0.1) is 0 Å². The molecule has 0 N–H and O–H groups in total. The summed E-state index contributed by atoms with van der Waals surface area (Å²) in [5.74, 6) is 0.971. The summed E-state index contributed by atoms with van der Waals surface area (Å²) in [6.07, 6.45) is 0. The van der Waals surface area contributed by atoms with Crippen LogP contribution in [-0.4, -0.2) is 8.32 Å². The van der Waals surface area contributed by atoms with Gasteiger partial charge in [0.1, 0.15) is 5.75 Å². The Morgan fingerprint density at radius 1 is 0.850 bits per heavy atom. The highest BCUT2D eigenvalue weighted by molar-refractivity contribution is 9.11. The molecule has 0 aliphatic rings. The molecule has 0 saturated carbocycles. The first-order chi connectivity index (χ1) is 9.12. The molecule has 0 aromatic heterocycles. The first kappa shape index (κ1) is 18.2. The van der Waals surface area contributed by atoms with Crippen molar-refractivity contribution in [1.82, 2.24) is 0 Å². The van der Waals surface area contributed by atoms with Gasteiger partial charge in [0.25, 0.3) is 8.32 Å². The number of benzene rings is 1. The first-order valence-corrected chi connectivity index (χ1v) is 11.0. The molecule has 0 aliphatic carbocycles. The van der Waals surface area contributed by atoms with Crippen molar-refractivity contribution in [3.63, 3.8) is 0 Å². The Bertz CT molecular complexity index is 425. The van der Waals surface area contributed by atoms with Gasteiger partial charge in [0, 0.05) is 0 Å². The largest absolute Gasteiger partial charge is 0.541 e. The van der Waals surface area contributed by atoms with Crippen molar-refractivity contribution >= 4 is 40.2 Å². The quantitative estimate of drug-likeness (QED) is 0.461. The zero-order chi connectivity index (χ0) is 15.7. The van der Waals surface area contributed by atoms with Crippen LogP contribution in [0.25, 0.3) is 0 Å². The maximum absolute atomic E-state index is 6.75. The molecule has 0 spiro atoms. The number of aryl methyl sites for hydroxylation is 1. The SMILES string of the molecule is Cc1cc(Br)c(O[Si](C(C)C)(C(C)C)C(C)C)c(Br)c1. The zero-order valence-electron chi connectivity index (χ0n) is 13.6. The Hall–Kier alpha value is 0.197. The summed E-state index contributed by atoms with van der Waals surface area (Å²) in [4.78, 5) is 0. The molecule has 1 aromatic carbocycles. The summed E-state index contributed by atoms with van der Waals surface area (Å²) in [6, 6.07) is 4.25. The van der Waals surface area contributed by atoms with E-state index in [0.717, 1.165) is 14.7 Å². The van der Waals surface area contributed by atoms with Crippen molar-refractivity contribution in [2.24, 2.45) is 0 Å². The predicted molar refractivity (Wildman–Crippen MR) is 98.3 cm³/mol. The Kier molecular flexibility index (Phi) is 6.36. The number of hydrogen-bond acceptors (Lipinski definition) is 1. The van der Waals surface area contributed by atoms with Crippen molar-refractivity contribution in [2.75, 3.05) is 0 Å². The molecular weight excluding hydrogens is 396 g/mol. The van der Waals surface area contributed by atoms with E-state index in [0.29, 0.717) is 16.6 Å². The average Bonchev–Trinajstić information content (AvgIpc) is 2.26. The van der Waals surface area contributed by atoms with Gasteiger partial charge in [0.2, 0.25) is 0 Å². The molecule has 0 amide bonds. The van der Waals surface area contributed by atoms with E-state index in [-0.39, 0.29) is 0 Å². The van der Waals surface area contributed by atoms with Crippen LogP contribution < -0.4 is 4.43 Å². The smallest absolute Gasteiger partial charge is 0.258 e. The van der Waals surface area contributed by atoms with Gasteiger partial charge in [-0.25, -0.2) is 0 Å².